The Morgan fingerprint density at radius 1 is 1.10 bits per heavy atom. The lowest BCUT2D eigenvalue weighted by atomic mass is 10.0. The van der Waals surface area contributed by atoms with Gasteiger partial charge < -0.3 is 14.2 Å². The first-order valence-corrected chi connectivity index (χ1v) is 10.4. The number of rotatable bonds is 3. The molecule has 2 aliphatic heterocycles. The average Bonchev–Trinajstić information content (AvgIpc) is 3.27. The Bertz CT molecular complexity index is 921. The molecule has 5 rings (SSSR count). The number of fused-ring (bicyclic) bond motifs is 1. The quantitative estimate of drug-likeness (QED) is 0.754. The van der Waals surface area contributed by atoms with Crippen molar-refractivity contribution in [2.75, 3.05) is 19.7 Å². The van der Waals surface area contributed by atoms with Crippen LogP contribution in [0.5, 0.6) is 0 Å². The van der Waals surface area contributed by atoms with E-state index in [1.165, 1.54) is 6.07 Å². The number of hydrogen-bond acceptors (Lipinski definition) is 3. The zero-order valence-electron chi connectivity index (χ0n) is 16.1. The van der Waals surface area contributed by atoms with Gasteiger partial charge in [0.15, 0.2) is 0 Å². The molecule has 8 heteroatoms. The Hall–Kier alpha value is -2.09. The SMILES string of the molecule is O=C(C1CC1)N1CCC(n2c([C@@H]3CCCO3)nc3cc(C(F)(F)F)ccc32)CC1. The molecule has 0 spiro atoms. The van der Waals surface area contributed by atoms with Gasteiger partial charge in [0, 0.05) is 31.7 Å². The maximum absolute atomic E-state index is 13.2. The highest BCUT2D eigenvalue weighted by Gasteiger charge is 2.37. The molecule has 1 amide bonds. The molecule has 0 radical (unpaired) electrons. The van der Waals surface area contributed by atoms with Crippen molar-refractivity contribution in [2.24, 2.45) is 5.92 Å². The first kappa shape index (κ1) is 18.9. The largest absolute Gasteiger partial charge is 0.416 e. The summed E-state index contributed by atoms with van der Waals surface area (Å²) in [4.78, 5) is 18.9. The normalized spacial score (nSPS) is 23.8. The topological polar surface area (TPSA) is 47.4 Å². The number of imidazole rings is 1. The van der Waals surface area contributed by atoms with Crippen molar-refractivity contribution >= 4 is 16.9 Å². The second-order valence-corrected chi connectivity index (χ2v) is 8.37. The summed E-state index contributed by atoms with van der Waals surface area (Å²) in [6.45, 7) is 2.02. The molecule has 1 atom stereocenters. The van der Waals surface area contributed by atoms with E-state index in [9.17, 15) is 18.0 Å². The molecule has 0 bridgehead atoms. The Morgan fingerprint density at radius 2 is 1.86 bits per heavy atom. The molecule has 3 heterocycles. The van der Waals surface area contributed by atoms with Crippen LogP contribution in [0.3, 0.4) is 0 Å². The number of nitrogens with zero attached hydrogens (tertiary/aromatic N) is 3. The van der Waals surface area contributed by atoms with E-state index in [4.69, 9.17) is 4.74 Å². The Labute approximate surface area is 166 Å². The third-order valence-corrected chi connectivity index (χ3v) is 6.33. The third kappa shape index (κ3) is 3.52. The van der Waals surface area contributed by atoms with Crippen molar-refractivity contribution in [1.82, 2.24) is 14.5 Å². The summed E-state index contributed by atoms with van der Waals surface area (Å²) < 4.78 is 47.4. The minimum atomic E-state index is -4.39. The maximum atomic E-state index is 13.2. The summed E-state index contributed by atoms with van der Waals surface area (Å²) in [5.41, 5.74) is 0.399. The zero-order chi connectivity index (χ0) is 20.2. The van der Waals surface area contributed by atoms with Gasteiger partial charge in [-0.25, -0.2) is 4.98 Å². The Morgan fingerprint density at radius 3 is 2.48 bits per heavy atom. The van der Waals surface area contributed by atoms with Gasteiger partial charge in [0.05, 0.1) is 16.6 Å². The van der Waals surface area contributed by atoms with Gasteiger partial charge in [0.25, 0.3) is 0 Å². The van der Waals surface area contributed by atoms with Crippen LogP contribution < -0.4 is 0 Å². The molecule has 29 heavy (non-hydrogen) atoms. The Balaban J connectivity index is 1.48. The van der Waals surface area contributed by atoms with Crippen LogP contribution in [0.2, 0.25) is 0 Å². The van der Waals surface area contributed by atoms with Crippen LogP contribution >= 0.6 is 0 Å². The zero-order valence-corrected chi connectivity index (χ0v) is 16.1. The molecule has 1 aromatic heterocycles. The van der Waals surface area contributed by atoms with Crippen LogP contribution in [-0.4, -0.2) is 40.1 Å². The summed E-state index contributed by atoms with van der Waals surface area (Å²) in [5, 5.41) is 0. The van der Waals surface area contributed by atoms with Gasteiger partial charge in [-0.3, -0.25) is 4.79 Å². The number of amides is 1. The van der Waals surface area contributed by atoms with Gasteiger partial charge in [-0.1, -0.05) is 0 Å². The summed E-state index contributed by atoms with van der Waals surface area (Å²) in [6, 6.07) is 3.91. The number of hydrogen-bond donors (Lipinski definition) is 0. The van der Waals surface area contributed by atoms with Crippen LogP contribution in [0.1, 0.15) is 62.1 Å². The van der Waals surface area contributed by atoms with E-state index >= 15 is 0 Å². The van der Waals surface area contributed by atoms with E-state index < -0.39 is 11.7 Å². The van der Waals surface area contributed by atoms with Gasteiger partial charge in [-0.05, 0) is 56.7 Å². The number of piperidine rings is 1. The smallest absolute Gasteiger partial charge is 0.370 e. The van der Waals surface area contributed by atoms with E-state index in [1.807, 2.05) is 4.90 Å². The van der Waals surface area contributed by atoms with Gasteiger partial charge >= 0.3 is 6.18 Å². The molecular weight excluding hydrogens is 383 g/mol. The molecule has 2 aromatic rings. The molecule has 5 nitrogen and oxygen atoms in total. The molecule has 0 N–H and O–H groups in total. The highest BCUT2D eigenvalue weighted by Crippen LogP contribution is 2.39. The molecule has 156 valence electrons. The molecule has 2 saturated heterocycles. The lowest BCUT2D eigenvalue weighted by Crippen LogP contribution is -2.40. The van der Waals surface area contributed by atoms with Crippen LogP contribution in [0.25, 0.3) is 11.0 Å². The monoisotopic (exact) mass is 407 g/mol. The fourth-order valence-electron chi connectivity index (χ4n) is 4.62. The van der Waals surface area contributed by atoms with E-state index in [0.29, 0.717) is 25.2 Å². The number of alkyl halides is 3. The van der Waals surface area contributed by atoms with E-state index in [1.54, 1.807) is 0 Å². The van der Waals surface area contributed by atoms with Crippen LogP contribution in [0.4, 0.5) is 13.2 Å². The lowest BCUT2D eigenvalue weighted by Gasteiger charge is -2.34. The third-order valence-electron chi connectivity index (χ3n) is 6.33. The minimum Gasteiger partial charge on any atom is -0.370 e. The van der Waals surface area contributed by atoms with E-state index in [-0.39, 0.29) is 24.0 Å². The predicted molar refractivity (Wildman–Crippen MR) is 100 cm³/mol. The molecule has 0 unspecified atom stereocenters. The number of carbonyl (C=O) groups is 1. The van der Waals surface area contributed by atoms with Crippen molar-refractivity contribution in [3.05, 3.63) is 29.6 Å². The number of ether oxygens (including phenoxy) is 1. The second-order valence-electron chi connectivity index (χ2n) is 8.37. The van der Waals surface area contributed by atoms with Gasteiger partial charge in [-0.15, -0.1) is 0 Å². The number of halogens is 3. The van der Waals surface area contributed by atoms with Crippen molar-refractivity contribution in [1.29, 1.82) is 0 Å². The van der Waals surface area contributed by atoms with Gasteiger partial charge in [0.2, 0.25) is 5.91 Å². The molecule has 1 aliphatic carbocycles. The number of likely N-dealkylation sites (tertiary alicyclic amines) is 1. The van der Waals surface area contributed by atoms with E-state index in [2.05, 4.69) is 9.55 Å². The molecule has 1 saturated carbocycles. The highest BCUT2D eigenvalue weighted by atomic mass is 19.4. The fraction of sp³-hybridized carbons (Fsp3) is 0.619. The molecular formula is C21H24F3N3O2. The van der Waals surface area contributed by atoms with Gasteiger partial charge in [0.1, 0.15) is 11.9 Å². The standard InChI is InChI=1S/C21H24F3N3O2/c22-21(23,24)14-5-6-17-16(12-14)25-19(18-2-1-11-29-18)27(17)15-7-9-26(10-8-15)20(28)13-3-4-13/h5-6,12-13,15,18H,1-4,7-11H2/t18-/m0/s1. The summed E-state index contributed by atoms with van der Waals surface area (Å²) >= 11 is 0. The van der Waals surface area contributed by atoms with Crippen molar-refractivity contribution in [3.63, 3.8) is 0 Å². The summed E-state index contributed by atoms with van der Waals surface area (Å²) in [5.74, 6) is 1.20. The maximum Gasteiger partial charge on any atom is 0.416 e. The van der Waals surface area contributed by atoms with Crippen molar-refractivity contribution < 1.29 is 22.7 Å². The molecule has 1 aromatic carbocycles. The molecule has 3 fully saturated rings. The lowest BCUT2D eigenvalue weighted by molar-refractivity contribution is -0.137. The average molecular weight is 407 g/mol. The van der Waals surface area contributed by atoms with Gasteiger partial charge in [-0.2, -0.15) is 13.2 Å². The van der Waals surface area contributed by atoms with E-state index in [0.717, 1.165) is 62.0 Å². The van der Waals surface area contributed by atoms with Crippen LogP contribution in [0, 0.1) is 5.92 Å². The molecule has 3 aliphatic rings. The van der Waals surface area contributed by atoms with Crippen LogP contribution in [0.15, 0.2) is 18.2 Å². The van der Waals surface area contributed by atoms with Crippen molar-refractivity contribution in [3.8, 4) is 0 Å². The summed E-state index contributed by atoms with van der Waals surface area (Å²) in [7, 11) is 0. The summed E-state index contributed by atoms with van der Waals surface area (Å²) in [6.07, 6.45) is 0.740. The first-order valence-electron chi connectivity index (χ1n) is 10.4. The predicted octanol–water partition coefficient (Wildman–Crippen LogP) is 4.48. The fourth-order valence-corrected chi connectivity index (χ4v) is 4.62. The Kier molecular flexibility index (Phi) is 4.57. The number of benzene rings is 1. The van der Waals surface area contributed by atoms with Crippen LogP contribution in [-0.2, 0) is 15.7 Å². The number of carbonyl (C=O) groups excluding carboxylic acids is 1. The highest BCUT2D eigenvalue weighted by molar-refractivity contribution is 5.81. The minimum absolute atomic E-state index is 0.110. The number of aromatic nitrogens is 2. The van der Waals surface area contributed by atoms with Crippen molar-refractivity contribution in [2.45, 2.75) is 56.8 Å². The second kappa shape index (κ2) is 7.00. The first-order chi connectivity index (χ1) is 13.9.